The van der Waals surface area contributed by atoms with Crippen molar-refractivity contribution in [2.45, 2.75) is 31.7 Å². The van der Waals surface area contributed by atoms with E-state index >= 15 is 0 Å². The predicted molar refractivity (Wildman–Crippen MR) is 57.9 cm³/mol. The first-order valence-corrected chi connectivity index (χ1v) is 4.94. The molecule has 1 aliphatic rings. The Balaban J connectivity index is 2.08. The summed E-state index contributed by atoms with van der Waals surface area (Å²) in [7, 11) is 0. The minimum atomic E-state index is 0.236. The van der Waals surface area contributed by atoms with Gasteiger partial charge in [-0.25, -0.2) is 10.8 Å². The predicted octanol–water partition coefficient (Wildman–Crippen LogP) is 1.72. The van der Waals surface area contributed by atoms with Crippen LogP contribution >= 0.6 is 0 Å². The molecule has 14 heavy (non-hydrogen) atoms. The molecule has 1 fully saturated rings. The highest BCUT2D eigenvalue weighted by molar-refractivity contribution is 5.46. The molecule has 0 aromatic carbocycles. The number of hydrogen-bond donors (Lipinski definition) is 3. The molecule has 1 saturated carbocycles. The molecule has 2 rings (SSSR count). The lowest BCUT2D eigenvalue weighted by Gasteiger charge is -2.39. The number of hydrogen-bond acceptors (Lipinski definition) is 4. The maximum atomic E-state index is 5.29. The average Bonchev–Trinajstić information content (AvgIpc) is 2.16. The first kappa shape index (κ1) is 9.27. The summed E-state index contributed by atoms with van der Waals surface area (Å²) in [4.78, 5) is 4.31. The summed E-state index contributed by atoms with van der Waals surface area (Å²) in [5.74, 6) is 6.87. The molecule has 0 spiro atoms. The fraction of sp³-hybridized carbons (Fsp3) is 0.500. The molecule has 4 heteroatoms. The first-order chi connectivity index (χ1) is 6.72. The van der Waals surface area contributed by atoms with Crippen LogP contribution in [-0.4, -0.2) is 10.5 Å². The second-order valence-corrected chi connectivity index (χ2v) is 4.09. The van der Waals surface area contributed by atoms with Crippen molar-refractivity contribution in [2.75, 3.05) is 10.7 Å². The highest BCUT2D eigenvalue weighted by Crippen LogP contribution is 2.34. The molecule has 0 radical (unpaired) electrons. The van der Waals surface area contributed by atoms with Gasteiger partial charge < -0.3 is 10.7 Å². The van der Waals surface area contributed by atoms with E-state index in [0.29, 0.717) is 5.82 Å². The molecule has 0 unspecified atom stereocenters. The van der Waals surface area contributed by atoms with Gasteiger partial charge in [0, 0.05) is 5.54 Å². The molecule has 0 aliphatic heterocycles. The highest BCUT2D eigenvalue weighted by Gasteiger charge is 2.31. The van der Waals surface area contributed by atoms with E-state index in [9.17, 15) is 0 Å². The average molecular weight is 192 g/mol. The van der Waals surface area contributed by atoms with Crippen LogP contribution in [0.15, 0.2) is 18.2 Å². The Hall–Kier alpha value is -1.29. The number of rotatable bonds is 3. The molecule has 1 heterocycles. The lowest BCUT2D eigenvalue weighted by molar-refractivity contribution is 0.306. The van der Waals surface area contributed by atoms with Crippen molar-refractivity contribution in [1.82, 2.24) is 4.98 Å². The molecular weight excluding hydrogens is 176 g/mol. The van der Waals surface area contributed by atoms with Gasteiger partial charge in [0.2, 0.25) is 0 Å². The molecule has 4 N–H and O–H groups in total. The van der Waals surface area contributed by atoms with E-state index in [1.165, 1.54) is 19.3 Å². The van der Waals surface area contributed by atoms with Gasteiger partial charge in [-0.05, 0) is 38.3 Å². The minimum absolute atomic E-state index is 0.236. The third kappa shape index (κ3) is 1.80. The minimum Gasteiger partial charge on any atom is -0.365 e. The molecule has 76 valence electrons. The summed E-state index contributed by atoms with van der Waals surface area (Å²) in [6.07, 6.45) is 3.74. The zero-order chi connectivity index (χ0) is 10.0. The number of nitrogen functional groups attached to an aromatic ring is 1. The Morgan fingerprint density at radius 3 is 2.64 bits per heavy atom. The van der Waals surface area contributed by atoms with Crippen LogP contribution in [-0.2, 0) is 0 Å². The molecule has 1 aromatic rings. The van der Waals surface area contributed by atoms with Crippen molar-refractivity contribution in [3.8, 4) is 0 Å². The monoisotopic (exact) mass is 192 g/mol. The normalized spacial score (nSPS) is 18.4. The van der Waals surface area contributed by atoms with Crippen LogP contribution < -0.4 is 16.6 Å². The number of pyridine rings is 1. The van der Waals surface area contributed by atoms with Gasteiger partial charge in [0.1, 0.15) is 11.6 Å². The number of nitrogens with two attached hydrogens (primary N) is 1. The van der Waals surface area contributed by atoms with Crippen LogP contribution in [0, 0.1) is 0 Å². The summed E-state index contributed by atoms with van der Waals surface area (Å²) in [5, 5.41) is 3.42. The van der Waals surface area contributed by atoms with Gasteiger partial charge in [0.15, 0.2) is 0 Å². The fourth-order valence-electron chi connectivity index (χ4n) is 1.73. The Morgan fingerprint density at radius 2 is 2.07 bits per heavy atom. The molecule has 4 nitrogen and oxygen atoms in total. The number of aromatic nitrogens is 1. The second-order valence-electron chi connectivity index (χ2n) is 4.09. The maximum Gasteiger partial charge on any atom is 0.142 e. The smallest absolute Gasteiger partial charge is 0.142 e. The number of nitrogens with zero attached hydrogens (tertiary/aromatic N) is 1. The van der Waals surface area contributed by atoms with Crippen molar-refractivity contribution >= 4 is 11.6 Å². The van der Waals surface area contributed by atoms with Crippen molar-refractivity contribution in [1.29, 1.82) is 0 Å². The zero-order valence-corrected chi connectivity index (χ0v) is 8.38. The standard InChI is InChI=1S/C10H16N4/c1-10(6-3-7-10)13-8-4-2-5-9(12-8)14-11/h2,4-5H,3,6-7,11H2,1H3,(H2,12,13,14). The lowest BCUT2D eigenvalue weighted by atomic mass is 9.78. The van der Waals surface area contributed by atoms with Gasteiger partial charge in [-0.15, -0.1) is 0 Å². The van der Waals surface area contributed by atoms with E-state index in [1.807, 2.05) is 18.2 Å². The summed E-state index contributed by atoms with van der Waals surface area (Å²) < 4.78 is 0. The van der Waals surface area contributed by atoms with Crippen molar-refractivity contribution in [3.05, 3.63) is 18.2 Å². The highest BCUT2D eigenvalue weighted by atomic mass is 15.3. The Labute approximate surface area is 83.9 Å². The molecular formula is C10H16N4. The SMILES string of the molecule is CC1(Nc2cccc(NN)n2)CCC1. The molecule has 0 saturated heterocycles. The van der Waals surface area contributed by atoms with Gasteiger partial charge in [-0.2, -0.15) is 0 Å². The Kier molecular flexibility index (Phi) is 2.29. The van der Waals surface area contributed by atoms with E-state index in [0.717, 1.165) is 5.82 Å². The van der Waals surface area contributed by atoms with E-state index in [1.54, 1.807) is 0 Å². The summed E-state index contributed by atoms with van der Waals surface area (Å²) >= 11 is 0. The third-order valence-corrected chi connectivity index (χ3v) is 2.78. The number of hydrazine groups is 1. The van der Waals surface area contributed by atoms with E-state index in [-0.39, 0.29) is 5.54 Å². The Morgan fingerprint density at radius 1 is 1.36 bits per heavy atom. The largest absolute Gasteiger partial charge is 0.365 e. The summed E-state index contributed by atoms with van der Waals surface area (Å²) in [5.41, 5.74) is 2.77. The van der Waals surface area contributed by atoms with Gasteiger partial charge in [0.25, 0.3) is 0 Å². The first-order valence-electron chi connectivity index (χ1n) is 4.94. The topological polar surface area (TPSA) is 63.0 Å². The van der Waals surface area contributed by atoms with Crippen LogP contribution in [0.5, 0.6) is 0 Å². The third-order valence-electron chi connectivity index (χ3n) is 2.78. The van der Waals surface area contributed by atoms with E-state index < -0.39 is 0 Å². The van der Waals surface area contributed by atoms with Crippen LogP contribution in [0.3, 0.4) is 0 Å². The molecule has 0 bridgehead atoms. The zero-order valence-electron chi connectivity index (χ0n) is 8.38. The summed E-state index contributed by atoms with van der Waals surface area (Å²) in [6, 6.07) is 5.74. The van der Waals surface area contributed by atoms with Gasteiger partial charge in [-0.3, -0.25) is 0 Å². The number of anilines is 2. The fourth-order valence-corrected chi connectivity index (χ4v) is 1.73. The van der Waals surface area contributed by atoms with Gasteiger partial charge in [-0.1, -0.05) is 6.07 Å². The number of nitrogens with one attached hydrogen (secondary N) is 2. The molecule has 1 aliphatic carbocycles. The van der Waals surface area contributed by atoms with E-state index in [4.69, 9.17) is 5.84 Å². The second kappa shape index (κ2) is 3.46. The van der Waals surface area contributed by atoms with Crippen LogP contribution in [0.2, 0.25) is 0 Å². The van der Waals surface area contributed by atoms with Crippen LogP contribution in [0.25, 0.3) is 0 Å². The molecule has 1 aromatic heterocycles. The summed E-state index contributed by atoms with van der Waals surface area (Å²) in [6.45, 7) is 2.22. The van der Waals surface area contributed by atoms with E-state index in [2.05, 4.69) is 22.7 Å². The molecule has 0 atom stereocenters. The maximum absolute atomic E-state index is 5.29. The quantitative estimate of drug-likeness (QED) is 0.504. The Bertz CT molecular complexity index is 320. The van der Waals surface area contributed by atoms with Gasteiger partial charge in [0.05, 0.1) is 0 Å². The van der Waals surface area contributed by atoms with Crippen molar-refractivity contribution in [2.24, 2.45) is 5.84 Å². The van der Waals surface area contributed by atoms with Crippen LogP contribution in [0.4, 0.5) is 11.6 Å². The van der Waals surface area contributed by atoms with Crippen molar-refractivity contribution < 1.29 is 0 Å². The lowest BCUT2D eigenvalue weighted by Crippen LogP contribution is -2.41. The van der Waals surface area contributed by atoms with Crippen LogP contribution in [0.1, 0.15) is 26.2 Å². The molecule has 0 amide bonds. The van der Waals surface area contributed by atoms with Gasteiger partial charge >= 0.3 is 0 Å². The van der Waals surface area contributed by atoms with Crippen molar-refractivity contribution in [3.63, 3.8) is 0 Å².